The van der Waals surface area contributed by atoms with Gasteiger partial charge in [-0.05, 0) is 25.1 Å². The SMILES string of the molecule is COc1cccc2nc(-c3ccc(C)o3)nn12. The van der Waals surface area contributed by atoms with Gasteiger partial charge < -0.3 is 9.15 Å². The Morgan fingerprint density at radius 3 is 2.82 bits per heavy atom. The molecule has 5 heteroatoms. The number of aryl methyl sites for hydroxylation is 1. The molecule has 17 heavy (non-hydrogen) atoms. The van der Waals surface area contributed by atoms with Gasteiger partial charge in [-0.3, -0.25) is 0 Å². The number of rotatable bonds is 2. The minimum Gasteiger partial charge on any atom is -0.481 e. The molecule has 0 fully saturated rings. The van der Waals surface area contributed by atoms with Crippen molar-refractivity contribution < 1.29 is 9.15 Å². The molecule has 0 radical (unpaired) electrons. The standard InChI is InChI=1S/C12H11N3O2/c1-8-6-7-9(17-8)12-13-10-4-3-5-11(16-2)15(10)14-12/h3-7H,1-2H3. The van der Waals surface area contributed by atoms with E-state index in [2.05, 4.69) is 10.1 Å². The predicted octanol–water partition coefficient (Wildman–Crippen LogP) is 2.31. The van der Waals surface area contributed by atoms with Gasteiger partial charge in [0.15, 0.2) is 11.4 Å². The van der Waals surface area contributed by atoms with Gasteiger partial charge in [-0.25, -0.2) is 4.98 Å². The maximum Gasteiger partial charge on any atom is 0.218 e. The zero-order chi connectivity index (χ0) is 11.8. The van der Waals surface area contributed by atoms with Gasteiger partial charge in [0.2, 0.25) is 11.7 Å². The number of pyridine rings is 1. The first-order chi connectivity index (χ1) is 8.28. The Balaban J connectivity index is 2.19. The van der Waals surface area contributed by atoms with Crippen molar-refractivity contribution in [3.05, 3.63) is 36.1 Å². The number of methoxy groups -OCH3 is 1. The largest absolute Gasteiger partial charge is 0.481 e. The van der Waals surface area contributed by atoms with E-state index in [1.807, 2.05) is 37.3 Å². The van der Waals surface area contributed by atoms with Crippen LogP contribution >= 0.6 is 0 Å². The van der Waals surface area contributed by atoms with E-state index >= 15 is 0 Å². The van der Waals surface area contributed by atoms with Crippen molar-refractivity contribution in [1.82, 2.24) is 14.6 Å². The Morgan fingerprint density at radius 2 is 2.12 bits per heavy atom. The first-order valence-electron chi connectivity index (χ1n) is 5.24. The van der Waals surface area contributed by atoms with E-state index < -0.39 is 0 Å². The van der Waals surface area contributed by atoms with Crippen molar-refractivity contribution in [2.75, 3.05) is 7.11 Å². The number of fused-ring (bicyclic) bond motifs is 1. The highest BCUT2D eigenvalue weighted by atomic mass is 16.5. The molecule has 0 unspecified atom stereocenters. The molecule has 86 valence electrons. The lowest BCUT2D eigenvalue weighted by Crippen LogP contribution is -1.94. The van der Waals surface area contributed by atoms with Crippen molar-refractivity contribution in [2.24, 2.45) is 0 Å². The number of hydrogen-bond donors (Lipinski definition) is 0. The molecule has 5 nitrogen and oxygen atoms in total. The summed E-state index contributed by atoms with van der Waals surface area (Å²) in [5, 5.41) is 4.35. The predicted molar refractivity (Wildman–Crippen MR) is 62.0 cm³/mol. The molecule has 3 aromatic heterocycles. The maximum atomic E-state index is 5.49. The van der Waals surface area contributed by atoms with E-state index in [1.165, 1.54) is 0 Å². The van der Waals surface area contributed by atoms with Gasteiger partial charge in [0.1, 0.15) is 5.76 Å². The van der Waals surface area contributed by atoms with Crippen LogP contribution < -0.4 is 4.74 Å². The fraction of sp³-hybridized carbons (Fsp3) is 0.167. The van der Waals surface area contributed by atoms with Crippen LogP contribution in [0.3, 0.4) is 0 Å². The zero-order valence-electron chi connectivity index (χ0n) is 9.54. The monoisotopic (exact) mass is 229 g/mol. The Morgan fingerprint density at radius 1 is 1.24 bits per heavy atom. The van der Waals surface area contributed by atoms with Crippen molar-refractivity contribution in [3.63, 3.8) is 0 Å². The minimum absolute atomic E-state index is 0.558. The van der Waals surface area contributed by atoms with Crippen LogP contribution in [0.5, 0.6) is 5.88 Å². The molecule has 3 aromatic rings. The van der Waals surface area contributed by atoms with Gasteiger partial charge in [0.25, 0.3) is 0 Å². The molecule has 0 aromatic carbocycles. The lowest BCUT2D eigenvalue weighted by molar-refractivity contribution is 0.385. The summed E-state index contributed by atoms with van der Waals surface area (Å²) in [6.07, 6.45) is 0. The fourth-order valence-corrected chi connectivity index (χ4v) is 1.69. The highest BCUT2D eigenvalue weighted by molar-refractivity contribution is 5.53. The van der Waals surface area contributed by atoms with Crippen LogP contribution in [-0.4, -0.2) is 21.7 Å². The number of aromatic nitrogens is 3. The van der Waals surface area contributed by atoms with Crippen molar-refractivity contribution in [3.8, 4) is 17.5 Å². The molecule has 0 spiro atoms. The Kier molecular flexibility index (Phi) is 2.11. The zero-order valence-corrected chi connectivity index (χ0v) is 9.54. The van der Waals surface area contributed by atoms with Crippen molar-refractivity contribution >= 4 is 5.65 Å². The second-order valence-electron chi connectivity index (χ2n) is 3.68. The van der Waals surface area contributed by atoms with E-state index in [9.17, 15) is 0 Å². The Bertz CT molecular complexity index is 669. The molecule has 0 saturated heterocycles. The average Bonchev–Trinajstić information content (AvgIpc) is 2.93. The van der Waals surface area contributed by atoms with Gasteiger partial charge in [-0.15, -0.1) is 5.10 Å². The van der Waals surface area contributed by atoms with Crippen LogP contribution in [0.2, 0.25) is 0 Å². The molecule has 0 saturated carbocycles. The Labute approximate surface area is 97.7 Å². The van der Waals surface area contributed by atoms with E-state index in [0.29, 0.717) is 17.5 Å². The number of nitrogens with zero attached hydrogens (tertiary/aromatic N) is 3. The van der Waals surface area contributed by atoms with Crippen LogP contribution in [-0.2, 0) is 0 Å². The molecule has 0 amide bonds. The number of hydrogen-bond acceptors (Lipinski definition) is 4. The normalized spacial score (nSPS) is 10.9. The lowest BCUT2D eigenvalue weighted by atomic mass is 10.4. The number of ether oxygens (including phenoxy) is 1. The molecular formula is C12H11N3O2. The third-order valence-electron chi connectivity index (χ3n) is 2.49. The summed E-state index contributed by atoms with van der Waals surface area (Å²) in [4.78, 5) is 4.38. The van der Waals surface area contributed by atoms with Gasteiger partial charge >= 0.3 is 0 Å². The van der Waals surface area contributed by atoms with Gasteiger partial charge in [0, 0.05) is 6.07 Å². The van der Waals surface area contributed by atoms with Crippen LogP contribution in [0, 0.1) is 6.92 Å². The maximum absolute atomic E-state index is 5.49. The minimum atomic E-state index is 0.558. The second-order valence-corrected chi connectivity index (χ2v) is 3.68. The second kappa shape index (κ2) is 3.62. The molecule has 3 heterocycles. The fourth-order valence-electron chi connectivity index (χ4n) is 1.69. The summed E-state index contributed by atoms with van der Waals surface area (Å²) >= 11 is 0. The van der Waals surface area contributed by atoms with Crippen LogP contribution in [0.25, 0.3) is 17.2 Å². The first-order valence-corrected chi connectivity index (χ1v) is 5.24. The van der Waals surface area contributed by atoms with Crippen molar-refractivity contribution in [1.29, 1.82) is 0 Å². The van der Waals surface area contributed by atoms with Crippen molar-refractivity contribution in [2.45, 2.75) is 6.92 Å². The summed E-state index contributed by atoms with van der Waals surface area (Å²) in [5.41, 5.74) is 0.730. The van der Waals surface area contributed by atoms with E-state index in [-0.39, 0.29) is 0 Å². The van der Waals surface area contributed by atoms with Crippen LogP contribution in [0.1, 0.15) is 5.76 Å². The smallest absolute Gasteiger partial charge is 0.218 e. The third kappa shape index (κ3) is 1.56. The summed E-state index contributed by atoms with van der Waals surface area (Å²) in [5.74, 6) is 2.70. The lowest BCUT2D eigenvalue weighted by Gasteiger charge is -1.99. The third-order valence-corrected chi connectivity index (χ3v) is 2.49. The summed E-state index contributed by atoms with van der Waals surface area (Å²) in [7, 11) is 1.60. The molecule has 3 rings (SSSR count). The first kappa shape index (κ1) is 9.89. The van der Waals surface area contributed by atoms with Crippen LogP contribution in [0.4, 0.5) is 0 Å². The molecular weight excluding hydrogens is 218 g/mol. The average molecular weight is 229 g/mol. The highest BCUT2D eigenvalue weighted by Gasteiger charge is 2.11. The molecule has 0 aliphatic heterocycles. The van der Waals surface area contributed by atoms with E-state index in [0.717, 1.165) is 11.4 Å². The van der Waals surface area contributed by atoms with Gasteiger partial charge in [-0.1, -0.05) is 6.07 Å². The summed E-state index contributed by atoms with van der Waals surface area (Å²) in [6, 6.07) is 9.32. The molecule has 0 aliphatic carbocycles. The van der Waals surface area contributed by atoms with E-state index in [4.69, 9.17) is 9.15 Å². The van der Waals surface area contributed by atoms with Gasteiger partial charge in [-0.2, -0.15) is 4.52 Å². The van der Waals surface area contributed by atoms with Gasteiger partial charge in [0.05, 0.1) is 7.11 Å². The molecule has 0 aliphatic rings. The topological polar surface area (TPSA) is 52.6 Å². The van der Waals surface area contributed by atoms with Crippen LogP contribution in [0.15, 0.2) is 34.7 Å². The highest BCUT2D eigenvalue weighted by Crippen LogP contribution is 2.21. The van der Waals surface area contributed by atoms with E-state index in [1.54, 1.807) is 11.6 Å². The quantitative estimate of drug-likeness (QED) is 0.676. The summed E-state index contributed by atoms with van der Waals surface area (Å²) in [6.45, 7) is 1.89. The summed E-state index contributed by atoms with van der Waals surface area (Å²) < 4.78 is 12.4. The Hall–Kier alpha value is -2.30. The molecule has 0 atom stereocenters. The molecule has 0 bridgehead atoms. The molecule has 0 N–H and O–H groups in total. The number of furan rings is 1.